The van der Waals surface area contributed by atoms with Crippen LogP contribution in [0.25, 0.3) is 0 Å². The van der Waals surface area contributed by atoms with Gasteiger partial charge in [-0.05, 0) is 69.6 Å². The molecule has 0 heterocycles. The van der Waals surface area contributed by atoms with Crippen molar-refractivity contribution in [3.63, 3.8) is 0 Å². The van der Waals surface area contributed by atoms with E-state index in [1.165, 1.54) is 57.8 Å². The van der Waals surface area contributed by atoms with Crippen molar-refractivity contribution in [3.05, 3.63) is 0 Å². The first-order valence-corrected chi connectivity index (χ1v) is 9.01. The van der Waals surface area contributed by atoms with E-state index in [2.05, 4.69) is 13.8 Å². The molecule has 2 nitrogen and oxygen atoms in total. The fraction of sp³-hybridized carbons (Fsp3) is 1.00. The first-order valence-electron chi connectivity index (χ1n) is 9.01. The molecule has 0 aromatic carbocycles. The minimum atomic E-state index is 0.534. The maximum atomic E-state index is 6.00. The minimum Gasteiger partial charge on any atom is -0.378 e. The lowest BCUT2D eigenvalue weighted by Gasteiger charge is -2.28. The van der Waals surface area contributed by atoms with Gasteiger partial charge in [-0.2, -0.15) is 0 Å². The first-order chi connectivity index (χ1) is 9.78. The third-order valence-electron chi connectivity index (χ3n) is 5.33. The van der Waals surface area contributed by atoms with E-state index in [4.69, 9.17) is 9.47 Å². The predicted molar refractivity (Wildman–Crippen MR) is 84.0 cm³/mol. The Morgan fingerprint density at radius 2 is 1.25 bits per heavy atom. The smallest absolute Gasteiger partial charge is 0.0575 e. The van der Waals surface area contributed by atoms with Gasteiger partial charge in [0.1, 0.15) is 0 Å². The molecule has 2 heteroatoms. The number of ether oxygens (including phenoxy) is 2. The lowest BCUT2D eigenvalue weighted by Crippen LogP contribution is -2.23. The fourth-order valence-corrected chi connectivity index (χ4v) is 3.66. The summed E-state index contributed by atoms with van der Waals surface area (Å²) in [5.74, 6) is 1.88. The van der Waals surface area contributed by atoms with Crippen LogP contribution in [-0.4, -0.2) is 25.4 Å². The SMILES string of the molecule is CCC1CCC(OCCCOC2CCC(C)CC2)CC1. The molecule has 0 N–H and O–H groups in total. The van der Waals surface area contributed by atoms with Gasteiger partial charge < -0.3 is 9.47 Å². The summed E-state index contributed by atoms with van der Waals surface area (Å²) in [4.78, 5) is 0. The molecule has 0 unspecified atom stereocenters. The summed E-state index contributed by atoms with van der Waals surface area (Å²) >= 11 is 0. The van der Waals surface area contributed by atoms with Crippen LogP contribution >= 0.6 is 0 Å². The predicted octanol–water partition coefficient (Wildman–Crippen LogP) is 4.96. The van der Waals surface area contributed by atoms with Gasteiger partial charge in [0.25, 0.3) is 0 Å². The molecule has 2 saturated carbocycles. The van der Waals surface area contributed by atoms with Crippen molar-refractivity contribution >= 4 is 0 Å². The van der Waals surface area contributed by atoms with E-state index in [9.17, 15) is 0 Å². The molecule has 2 fully saturated rings. The standard InChI is InChI=1S/C18H34O2/c1-3-16-7-11-18(12-8-16)20-14-4-13-19-17-9-5-15(2)6-10-17/h15-18H,3-14H2,1-2H3. The van der Waals surface area contributed by atoms with Gasteiger partial charge >= 0.3 is 0 Å². The normalized spacial score (nSPS) is 35.1. The maximum absolute atomic E-state index is 6.00. The number of rotatable bonds is 7. The third-order valence-corrected chi connectivity index (χ3v) is 5.33. The quantitative estimate of drug-likeness (QED) is 0.615. The van der Waals surface area contributed by atoms with Crippen LogP contribution in [0.4, 0.5) is 0 Å². The van der Waals surface area contributed by atoms with E-state index < -0.39 is 0 Å². The topological polar surface area (TPSA) is 18.5 Å². The highest BCUT2D eigenvalue weighted by Crippen LogP contribution is 2.28. The second kappa shape index (κ2) is 9.04. The molecule has 0 aromatic heterocycles. The zero-order chi connectivity index (χ0) is 14.2. The molecule has 0 atom stereocenters. The molecule has 0 aliphatic heterocycles. The lowest BCUT2D eigenvalue weighted by atomic mass is 9.86. The van der Waals surface area contributed by atoms with E-state index in [1.807, 2.05) is 0 Å². The summed E-state index contributed by atoms with van der Waals surface area (Å²) in [6.07, 6.45) is 14.0. The Labute approximate surface area is 125 Å². The molecule has 0 bridgehead atoms. The van der Waals surface area contributed by atoms with Crippen LogP contribution in [0.2, 0.25) is 0 Å². The molecule has 0 radical (unpaired) electrons. The molecule has 20 heavy (non-hydrogen) atoms. The summed E-state index contributed by atoms with van der Waals surface area (Å²) in [7, 11) is 0. The van der Waals surface area contributed by atoms with E-state index in [0.717, 1.165) is 31.5 Å². The van der Waals surface area contributed by atoms with Gasteiger partial charge in [-0.3, -0.25) is 0 Å². The fourth-order valence-electron chi connectivity index (χ4n) is 3.66. The largest absolute Gasteiger partial charge is 0.378 e. The Hall–Kier alpha value is -0.0800. The van der Waals surface area contributed by atoms with Crippen LogP contribution in [0.15, 0.2) is 0 Å². The second-order valence-corrected chi connectivity index (χ2v) is 7.03. The Morgan fingerprint density at radius 1 is 0.750 bits per heavy atom. The zero-order valence-corrected chi connectivity index (χ0v) is 13.6. The Balaban J connectivity index is 1.44. The Morgan fingerprint density at radius 3 is 1.75 bits per heavy atom. The Kier molecular flexibility index (Phi) is 7.37. The van der Waals surface area contributed by atoms with Gasteiger partial charge in [0.05, 0.1) is 12.2 Å². The molecule has 0 aromatic rings. The maximum Gasteiger partial charge on any atom is 0.0575 e. The van der Waals surface area contributed by atoms with Gasteiger partial charge in [-0.25, -0.2) is 0 Å². The second-order valence-electron chi connectivity index (χ2n) is 7.03. The Bertz CT molecular complexity index is 238. The third kappa shape index (κ3) is 5.73. The lowest BCUT2D eigenvalue weighted by molar-refractivity contribution is -0.0163. The monoisotopic (exact) mass is 282 g/mol. The van der Waals surface area contributed by atoms with Crippen LogP contribution in [-0.2, 0) is 9.47 Å². The molecular formula is C18H34O2. The van der Waals surface area contributed by atoms with Crippen LogP contribution in [0.3, 0.4) is 0 Å². The molecule has 118 valence electrons. The van der Waals surface area contributed by atoms with Crippen LogP contribution in [0, 0.1) is 11.8 Å². The highest BCUT2D eigenvalue weighted by molar-refractivity contribution is 4.72. The zero-order valence-electron chi connectivity index (χ0n) is 13.6. The molecule has 0 amide bonds. The summed E-state index contributed by atoms with van der Waals surface area (Å²) in [5.41, 5.74) is 0. The van der Waals surface area contributed by atoms with Crippen LogP contribution in [0.1, 0.15) is 78.1 Å². The minimum absolute atomic E-state index is 0.534. The summed E-state index contributed by atoms with van der Waals surface area (Å²) in [6, 6.07) is 0. The van der Waals surface area contributed by atoms with Crippen molar-refractivity contribution in [3.8, 4) is 0 Å². The summed E-state index contributed by atoms with van der Waals surface area (Å²) < 4.78 is 12.0. The molecule has 2 aliphatic rings. The van der Waals surface area contributed by atoms with Crippen molar-refractivity contribution in [2.75, 3.05) is 13.2 Å². The van der Waals surface area contributed by atoms with E-state index in [1.54, 1.807) is 0 Å². The van der Waals surface area contributed by atoms with Crippen LogP contribution in [0.5, 0.6) is 0 Å². The number of hydrogen-bond donors (Lipinski definition) is 0. The van der Waals surface area contributed by atoms with Crippen molar-refractivity contribution in [2.24, 2.45) is 11.8 Å². The number of hydrogen-bond acceptors (Lipinski definition) is 2. The average Bonchev–Trinajstić information content (AvgIpc) is 2.49. The molecule has 2 rings (SSSR count). The van der Waals surface area contributed by atoms with Crippen LogP contribution < -0.4 is 0 Å². The first kappa shape index (κ1) is 16.3. The van der Waals surface area contributed by atoms with Gasteiger partial charge in [-0.15, -0.1) is 0 Å². The molecule has 0 spiro atoms. The van der Waals surface area contributed by atoms with E-state index >= 15 is 0 Å². The highest BCUT2D eigenvalue weighted by atomic mass is 16.5. The van der Waals surface area contributed by atoms with Gasteiger partial charge in [0.15, 0.2) is 0 Å². The summed E-state index contributed by atoms with van der Waals surface area (Å²) in [6.45, 7) is 6.46. The van der Waals surface area contributed by atoms with Crippen molar-refractivity contribution in [2.45, 2.75) is 90.3 Å². The van der Waals surface area contributed by atoms with Crippen molar-refractivity contribution in [1.82, 2.24) is 0 Å². The molecular weight excluding hydrogens is 248 g/mol. The van der Waals surface area contributed by atoms with Gasteiger partial charge in [-0.1, -0.05) is 20.3 Å². The van der Waals surface area contributed by atoms with Gasteiger partial charge in [0, 0.05) is 13.2 Å². The average molecular weight is 282 g/mol. The highest BCUT2D eigenvalue weighted by Gasteiger charge is 2.20. The van der Waals surface area contributed by atoms with Crippen molar-refractivity contribution < 1.29 is 9.47 Å². The van der Waals surface area contributed by atoms with Gasteiger partial charge in [0.2, 0.25) is 0 Å². The summed E-state index contributed by atoms with van der Waals surface area (Å²) in [5, 5.41) is 0. The molecule has 2 aliphatic carbocycles. The van der Waals surface area contributed by atoms with E-state index in [0.29, 0.717) is 12.2 Å². The molecule has 0 saturated heterocycles. The van der Waals surface area contributed by atoms with E-state index in [-0.39, 0.29) is 0 Å². The van der Waals surface area contributed by atoms with Crippen molar-refractivity contribution in [1.29, 1.82) is 0 Å².